The van der Waals surface area contributed by atoms with E-state index >= 15 is 0 Å². The fraction of sp³-hybridized carbons (Fsp3) is 0.818. The number of carbonyl (C=O) groups excluding carboxylic acids is 1. The van der Waals surface area contributed by atoms with Crippen molar-refractivity contribution in [3.63, 3.8) is 0 Å². The van der Waals surface area contributed by atoms with Crippen LogP contribution < -0.4 is 5.32 Å². The molecule has 0 spiro atoms. The number of nitrogens with one attached hydrogen (secondary N) is 1. The highest BCUT2D eigenvalue weighted by molar-refractivity contribution is 7.99. The lowest BCUT2D eigenvalue weighted by Crippen LogP contribution is -2.38. The van der Waals surface area contributed by atoms with Gasteiger partial charge in [0.2, 0.25) is 6.41 Å². The smallest absolute Gasteiger partial charge is 0.327 e. The molecule has 0 radical (unpaired) electrons. The molecule has 2 unspecified atom stereocenters. The summed E-state index contributed by atoms with van der Waals surface area (Å²) in [5.41, 5.74) is 0. The van der Waals surface area contributed by atoms with E-state index in [4.69, 9.17) is 9.84 Å². The van der Waals surface area contributed by atoms with E-state index in [1.807, 2.05) is 0 Å². The maximum Gasteiger partial charge on any atom is 0.327 e. The van der Waals surface area contributed by atoms with Crippen LogP contribution in [0.3, 0.4) is 0 Å². The first-order valence-electron chi connectivity index (χ1n) is 5.87. The molecule has 7 heteroatoms. The van der Waals surface area contributed by atoms with Gasteiger partial charge in [-0.3, -0.25) is 4.79 Å². The molecule has 0 fully saturated rings. The fourth-order valence-electron chi connectivity index (χ4n) is 1.11. The maximum absolute atomic E-state index is 10.7. The maximum atomic E-state index is 10.7. The van der Waals surface area contributed by atoms with Gasteiger partial charge < -0.3 is 20.3 Å². The minimum absolute atomic E-state index is 0.222. The van der Waals surface area contributed by atoms with Crippen LogP contribution in [0, 0.1) is 0 Å². The Morgan fingerprint density at radius 1 is 1.50 bits per heavy atom. The SMILES string of the molecule is CCCCOCC(O)CSCC(NC=O)C(=O)O. The van der Waals surface area contributed by atoms with Gasteiger partial charge in [-0.25, -0.2) is 4.79 Å². The molecule has 0 aliphatic heterocycles. The summed E-state index contributed by atoms with van der Waals surface area (Å²) in [7, 11) is 0. The average Bonchev–Trinajstić information content (AvgIpc) is 2.33. The van der Waals surface area contributed by atoms with E-state index in [0.29, 0.717) is 18.8 Å². The van der Waals surface area contributed by atoms with Gasteiger partial charge in [0.1, 0.15) is 6.04 Å². The molecular weight excluding hydrogens is 258 g/mol. The van der Waals surface area contributed by atoms with Gasteiger partial charge in [0.15, 0.2) is 0 Å². The standard InChI is InChI=1S/C11H21NO5S/c1-2-3-4-17-5-9(14)6-18-7-10(11(15)16)12-8-13/h8-10,14H,2-7H2,1H3,(H,12,13)(H,15,16). The zero-order chi connectivity index (χ0) is 13.8. The molecule has 3 N–H and O–H groups in total. The van der Waals surface area contributed by atoms with Crippen LogP contribution in [-0.4, -0.2) is 59.5 Å². The Kier molecular flexibility index (Phi) is 10.8. The molecule has 106 valence electrons. The van der Waals surface area contributed by atoms with E-state index in [2.05, 4.69) is 12.2 Å². The molecule has 0 heterocycles. The highest BCUT2D eigenvalue weighted by atomic mass is 32.2. The molecule has 0 bridgehead atoms. The Morgan fingerprint density at radius 3 is 2.78 bits per heavy atom. The number of aliphatic hydroxyl groups is 1. The van der Waals surface area contributed by atoms with E-state index in [0.717, 1.165) is 12.8 Å². The second-order valence-electron chi connectivity index (χ2n) is 3.80. The van der Waals surface area contributed by atoms with Gasteiger partial charge >= 0.3 is 5.97 Å². The van der Waals surface area contributed by atoms with E-state index < -0.39 is 18.1 Å². The van der Waals surface area contributed by atoms with Crippen molar-refractivity contribution in [2.75, 3.05) is 24.7 Å². The summed E-state index contributed by atoms with van der Waals surface area (Å²) >= 11 is 1.27. The minimum atomic E-state index is -1.08. The molecule has 0 aliphatic rings. The Labute approximate surface area is 111 Å². The lowest BCUT2D eigenvalue weighted by atomic mass is 10.3. The number of ether oxygens (including phenoxy) is 1. The van der Waals surface area contributed by atoms with Crippen molar-refractivity contribution in [3.05, 3.63) is 0 Å². The first kappa shape index (κ1) is 17.2. The third kappa shape index (κ3) is 9.26. The van der Waals surface area contributed by atoms with Gasteiger partial charge in [0, 0.05) is 18.1 Å². The van der Waals surface area contributed by atoms with Gasteiger partial charge in [-0.15, -0.1) is 0 Å². The highest BCUT2D eigenvalue weighted by Crippen LogP contribution is 2.06. The van der Waals surface area contributed by atoms with E-state index in [9.17, 15) is 14.7 Å². The van der Waals surface area contributed by atoms with Crippen molar-refractivity contribution < 1.29 is 24.5 Å². The number of rotatable bonds is 12. The number of hydrogen-bond donors (Lipinski definition) is 3. The van der Waals surface area contributed by atoms with Gasteiger partial charge in [0.05, 0.1) is 12.7 Å². The molecule has 0 aliphatic carbocycles. The zero-order valence-electron chi connectivity index (χ0n) is 10.5. The second kappa shape index (κ2) is 11.3. The monoisotopic (exact) mass is 279 g/mol. The summed E-state index contributed by atoms with van der Waals surface area (Å²) in [6.45, 7) is 2.94. The molecule has 0 rings (SSSR count). The van der Waals surface area contributed by atoms with Gasteiger partial charge in [-0.2, -0.15) is 11.8 Å². The van der Waals surface area contributed by atoms with Crippen molar-refractivity contribution in [3.8, 4) is 0 Å². The van der Waals surface area contributed by atoms with Crippen molar-refractivity contribution in [2.45, 2.75) is 31.9 Å². The van der Waals surface area contributed by atoms with Gasteiger partial charge in [0.25, 0.3) is 0 Å². The third-order valence-corrected chi connectivity index (χ3v) is 3.30. The summed E-state index contributed by atoms with van der Waals surface area (Å²) < 4.78 is 5.24. The molecule has 0 saturated heterocycles. The van der Waals surface area contributed by atoms with Crippen LogP contribution in [0.1, 0.15) is 19.8 Å². The Hall–Kier alpha value is -0.790. The summed E-state index contributed by atoms with van der Waals surface area (Å²) in [6, 6.07) is -0.916. The Morgan fingerprint density at radius 2 is 2.22 bits per heavy atom. The van der Waals surface area contributed by atoms with Crippen molar-refractivity contribution in [1.82, 2.24) is 5.32 Å². The predicted octanol–water partition coefficient (Wildman–Crippen LogP) is 0.0964. The predicted molar refractivity (Wildman–Crippen MR) is 69.7 cm³/mol. The number of carboxylic acid groups (broad SMARTS) is 1. The van der Waals surface area contributed by atoms with Crippen molar-refractivity contribution >= 4 is 24.1 Å². The number of unbranched alkanes of at least 4 members (excludes halogenated alkanes) is 1. The molecule has 6 nitrogen and oxygen atoms in total. The molecule has 0 saturated carbocycles. The van der Waals surface area contributed by atoms with E-state index in [1.54, 1.807) is 0 Å². The fourth-order valence-corrected chi connectivity index (χ4v) is 2.09. The number of aliphatic hydroxyl groups excluding tert-OH is 1. The molecule has 0 aromatic carbocycles. The Bertz CT molecular complexity index is 239. The zero-order valence-corrected chi connectivity index (χ0v) is 11.3. The van der Waals surface area contributed by atoms with Crippen molar-refractivity contribution in [1.29, 1.82) is 0 Å². The number of carboxylic acids is 1. The lowest BCUT2D eigenvalue weighted by Gasteiger charge is -2.13. The van der Waals surface area contributed by atoms with Crippen LogP contribution >= 0.6 is 11.8 Å². The second-order valence-corrected chi connectivity index (χ2v) is 4.87. The highest BCUT2D eigenvalue weighted by Gasteiger charge is 2.16. The summed E-state index contributed by atoms with van der Waals surface area (Å²) in [6.07, 6.45) is 1.76. The quantitative estimate of drug-likeness (QED) is 0.346. The average molecular weight is 279 g/mol. The van der Waals surface area contributed by atoms with Gasteiger partial charge in [-0.05, 0) is 6.42 Å². The number of hydrogen-bond acceptors (Lipinski definition) is 5. The van der Waals surface area contributed by atoms with Crippen molar-refractivity contribution in [2.24, 2.45) is 0 Å². The lowest BCUT2D eigenvalue weighted by molar-refractivity contribution is -0.139. The first-order chi connectivity index (χ1) is 8.61. The van der Waals surface area contributed by atoms with E-state index in [-0.39, 0.29) is 12.4 Å². The summed E-state index contributed by atoms with van der Waals surface area (Å²) in [5, 5.41) is 20.5. The molecule has 0 aromatic rings. The molecule has 2 atom stereocenters. The van der Waals surface area contributed by atoms with Crippen LogP contribution in [0.5, 0.6) is 0 Å². The number of amides is 1. The number of thioether (sulfide) groups is 1. The largest absolute Gasteiger partial charge is 0.480 e. The van der Waals surface area contributed by atoms with Gasteiger partial charge in [-0.1, -0.05) is 13.3 Å². The normalized spacial score (nSPS) is 13.9. The molecular formula is C11H21NO5S. The number of aliphatic carboxylic acids is 1. The van der Waals surface area contributed by atoms with E-state index in [1.165, 1.54) is 11.8 Å². The van der Waals surface area contributed by atoms with Crippen LogP contribution in [0.2, 0.25) is 0 Å². The van der Waals surface area contributed by atoms with Crippen LogP contribution in [0.4, 0.5) is 0 Å². The summed E-state index contributed by atoms with van der Waals surface area (Å²) in [5.74, 6) is -0.473. The van der Waals surface area contributed by atoms with Crippen LogP contribution in [0.25, 0.3) is 0 Å². The molecule has 1 amide bonds. The minimum Gasteiger partial charge on any atom is -0.480 e. The topological polar surface area (TPSA) is 95.9 Å². The first-order valence-corrected chi connectivity index (χ1v) is 7.03. The number of carbonyl (C=O) groups is 2. The molecule has 18 heavy (non-hydrogen) atoms. The van der Waals surface area contributed by atoms with Crippen LogP contribution in [-0.2, 0) is 14.3 Å². The molecule has 0 aromatic heterocycles. The third-order valence-electron chi connectivity index (χ3n) is 2.11. The summed E-state index contributed by atoms with van der Waals surface area (Å²) in [4.78, 5) is 20.9. The Balaban J connectivity index is 3.61. The van der Waals surface area contributed by atoms with Crippen LogP contribution in [0.15, 0.2) is 0 Å².